The number of likely N-dealkylation sites (tertiary alicyclic amines) is 1. The van der Waals surface area contributed by atoms with Gasteiger partial charge in [0.05, 0.1) is 17.5 Å². The van der Waals surface area contributed by atoms with E-state index in [9.17, 15) is 13.2 Å². The van der Waals surface area contributed by atoms with E-state index in [4.69, 9.17) is 4.74 Å². The zero-order valence-corrected chi connectivity index (χ0v) is 19.0. The summed E-state index contributed by atoms with van der Waals surface area (Å²) in [6.45, 7) is 3.32. The number of carbonyl (C=O) groups is 1. The molecule has 0 saturated carbocycles. The molecular weight excluding hydrogens is 424 g/mol. The Morgan fingerprint density at radius 2 is 1.81 bits per heavy atom. The van der Waals surface area contributed by atoms with Gasteiger partial charge in [-0.15, -0.1) is 0 Å². The van der Waals surface area contributed by atoms with E-state index < -0.39 is 10.0 Å². The van der Waals surface area contributed by atoms with Crippen molar-refractivity contribution in [3.63, 3.8) is 0 Å². The maximum absolute atomic E-state index is 12.9. The van der Waals surface area contributed by atoms with Gasteiger partial charge in [-0.25, -0.2) is 13.1 Å². The van der Waals surface area contributed by atoms with E-state index in [1.807, 2.05) is 60.4 Å². The molecule has 0 aliphatic carbocycles. The number of hydrogen-bond acceptors (Lipinski definition) is 4. The maximum atomic E-state index is 12.9. The van der Waals surface area contributed by atoms with Crippen LogP contribution in [0.1, 0.15) is 37.8 Å². The smallest absolute Gasteiger partial charge is 0.240 e. The largest absolute Gasteiger partial charge is 0.494 e. The molecule has 1 aliphatic heterocycles. The third kappa shape index (κ3) is 4.95. The molecule has 1 saturated heterocycles. The Hall–Kier alpha value is -2.90. The lowest BCUT2D eigenvalue weighted by Gasteiger charge is -2.25. The van der Waals surface area contributed by atoms with Crippen LogP contribution in [0.3, 0.4) is 0 Å². The maximum Gasteiger partial charge on any atom is 0.240 e. The number of nitrogens with zero attached hydrogens (tertiary/aromatic N) is 1. The molecule has 6 nitrogen and oxygen atoms in total. The molecular formula is C25H28N2O4S. The van der Waals surface area contributed by atoms with Crippen molar-refractivity contribution in [1.82, 2.24) is 9.62 Å². The molecule has 1 aliphatic rings. The SMILES string of the molecule is CCOc1ccc([C@@H]2CCCN2C(=O)CCNS(=O)(=O)c2ccc3ccccc3c2)cc1. The Bertz CT molecular complexity index is 1190. The minimum absolute atomic E-state index is 0.0234. The van der Waals surface area contributed by atoms with Crippen LogP contribution in [0.5, 0.6) is 5.75 Å². The number of nitrogens with one attached hydrogen (secondary N) is 1. The summed E-state index contributed by atoms with van der Waals surface area (Å²) in [4.78, 5) is 14.9. The molecule has 4 rings (SSSR count). The summed E-state index contributed by atoms with van der Waals surface area (Å²) < 4.78 is 33.5. The summed E-state index contributed by atoms with van der Waals surface area (Å²) in [6, 6.07) is 20.5. The fraction of sp³-hybridized carbons (Fsp3) is 0.320. The van der Waals surface area contributed by atoms with Crippen molar-refractivity contribution in [3.8, 4) is 5.75 Å². The standard InChI is InChI=1S/C25H28N2O4S/c1-2-31-22-12-9-20(10-13-22)24-8-5-17-27(24)25(28)15-16-26-32(29,30)23-14-11-19-6-3-4-7-21(19)18-23/h3-4,6-7,9-14,18,24,26H,2,5,8,15-17H2,1H3/t24-/m0/s1. The van der Waals surface area contributed by atoms with E-state index in [-0.39, 0.29) is 29.8 Å². The molecule has 1 heterocycles. The first-order valence-corrected chi connectivity index (χ1v) is 12.5. The van der Waals surface area contributed by atoms with Crippen LogP contribution in [0, 0.1) is 0 Å². The fourth-order valence-electron chi connectivity index (χ4n) is 4.22. The number of hydrogen-bond donors (Lipinski definition) is 1. The lowest BCUT2D eigenvalue weighted by Crippen LogP contribution is -2.34. The van der Waals surface area contributed by atoms with Crippen LogP contribution < -0.4 is 9.46 Å². The molecule has 0 unspecified atom stereocenters. The predicted molar refractivity (Wildman–Crippen MR) is 125 cm³/mol. The molecule has 168 valence electrons. The van der Waals surface area contributed by atoms with Gasteiger partial charge in [0.25, 0.3) is 0 Å². The Labute approximate surface area is 189 Å². The van der Waals surface area contributed by atoms with Crippen molar-refractivity contribution in [2.45, 2.75) is 37.1 Å². The number of ether oxygens (including phenoxy) is 1. The summed E-state index contributed by atoms with van der Waals surface area (Å²) in [5.74, 6) is 0.776. The summed E-state index contributed by atoms with van der Waals surface area (Å²) in [5.41, 5.74) is 1.08. The van der Waals surface area contributed by atoms with Gasteiger partial charge in [0.2, 0.25) is 15.9 Å². The predicted octanol–water partition coefficient (Wildman–Crippen LogP) is 4.27. The van der Waals surface area contributed by atoms with Crippen LogP contribution in [0.15, 0.2) is 71.6 Å². The van der Waals surface area contributed by atoms with Crippen molar-refractivity contribution in [3.05, 3.63) is 72.3 Å². The number of sulfonamides is 1. The normalized spacial score (nSPS) is 16.4. The first-order chi connectivity index (χ1) is 15.5. The van der Waals surface area contributed by atoms with E-state index in [0.29, 0.717) is 13.2 Å². The van der Waals surface area contributed by atoms with Crippen molar-refractivity contribution in [1.29, 1.82) is 0 Å². The van der Waals surface area contributed by atoms with Crippen molar-refractivity contribution in [2.75, 3.05) is 19.7 Å². The van der Waals surface area contributed by atoms with Crippen molar-refractivity contribution < 1.29 is 17.9 Å². The second-order valence-corrected chi connectivity index (χ2v) is 9.67. The Morgan fingerprint density at radius 1 is 1.06 bits per heavy atom. The minimum atomic E-state index is -3.68. The third-order valence-electron chi connectivity index (χ3n) is 5.81. The average Bonchev–Trinajstić information content (AvgIpc) is 3.29. The van der Waals surface area contributed by atoms with Crippen LogP contribution in [-0.4, -0.2) is 38.9 Å². The second kappa shape index (κ2) is 9.71. The van der Waals surface area contributed by atoms with Crippen LogP contribution in [0.4, 0.5) is 0 Å². The van der Waals surface area contributed by atoms with Crippen LogP contribution in [0.25, 0.3) is 10.8 Å². The summed E-state index contributed by atoms with van der Waals surface area (Å²) in [5, 5.41) is 1.85. The number of benzene rings is 3. The summed E-state index contributed by atoms with van der Waals surface area (Å²) in [7, 11) is -3.68. The number of rotatable bonds is 8. The van der Waals surface area contributed by atoms with Crippen LogP contribution in [-0.2, 0) is 14.8 Å². The zero-order valence-electron chi connectivity index (χ0n) is 18.2. The molecule has 0 radical (unpaired) electrons. The zero-order chi connectivity index (χ0) is 22.6. The molecule has 1 fully saturated rings. The van der Waals surface area contributed by atoms with E-state index in [1.165, 1.54) is 0 Å². The van der Waals surface area contributed by atoms with Gasteiger partial charge in [-0.1, -0.05) is 42.5 Å². The molecule has 0 aromatic heterocycles. The van der Waals surface area contributed by atoms with E-state index in [0.717, 1.165) is 34.9 Å². The molecule has 3 aromatic rings. The van der Waals surface area contributed by atoms with Gasteiger partial charge in [-0.3, -0.25) is 4.79 Å². The lowest BCUT2D eigenvalue weighted by atomic mass is 10.0. The molecule has 1 atom stereocenters. The monoisotopic (exact) mass is 452 g/mol. The van der Waals surface area contributed by atoms with Crippen molar-refractivity contribution >= 4 is 26.7 Å². The Kier molecular flexibility index (Phi) is 6.77. The van der Waals surface area contributed by atoms with E-state index in [1.54, 1.807) is 18.2 Å². The van der Waals surface area contributed by atoms with Gasteiger partial charge < -0.3 is 9.64 Å². The van der Waals surface area contributed by atoms with E-state index in [2.05, 4.69) is 4.72 Å². The van der Waals surface area contributed by atoms with E-state index >= 15 is 0 Å². The molecule has 1 N–H and O–H groups in total. The fourth-order valence-corrected chi connectivity index (χ4v) is 5.29. The molecule has 0 spiro atoms. The highest BCUT2D eigenvalue weighted by Gasteiger charge is 2.29. The second-order valence-electron chi connectivity index (χ2n) is 7.90. The third-order valence-corrected chi connectivity index (χ3v) is 7.27. The topological polar surface area (TPSA) is 75.7 Å². The summed E-state index contributed by atoms with van der Waals surface area (Å²) >= 11 is 0. The lowest BCUT2D eigenvalue weighted by molar-refractivity contribution is -0.131. The highest BCUT2D eigenvalue weighted by molar-refractivity contribution is 7.89. The average molecular weight is 453 g/mol. The van der Waals surface area contributed by atoms with Crippen molar-refractivity contribution in [2.24, 2.45) is 0 Å². The van der Waals surface area contributed by atoms with Gasteiger partial charge in [0.15, 0.2) is 0 Å². The Morgan fingerprint density at radius 3 is 2.56 bits per heavy atom. The number of carbonyl (C=O) groups excluding carboxylic acids is 1. The minimum Gasteiger partial charge on any atom is -0.494 e. The van der Waals surface area contributed by atoms with Gasteiger partial charge in [0.1, 0.15) is 5.75 Å². The molecule has 32 heavy (non-hydrogen) atoms. The number of amides is 1. The highest BCUT2D eigenvalue weighted by Crippen LogP contribution is 2.33. The van der Waals surface area contributed by atoms with Crippen LogP contribution in [0.2, 0.25) is 0 Å². The quantitative estimate of drug-likeness (QED) is 0.554. The molecule has 1 amide bonds. The summed E-state index contributed by atoms with van der Waals surface area (Å²) in [6.07, 6.45) is 1.97. The first kappa shape index (κ1) is 22.3. The number of fused-ring (bicyclic) bond motifs is 1. The van der Waals surface area contributed by atoms with Gasteiger partial charge in [0, 0.05) is 19.5 Å². The Balaban J connectivity index is 1.37. The van der Waals surface area contributed by atoms with Gasteiger partial charge >= 0.3 is 0 Å². The molecule has 7 heteroatoms. The first-order valence-electron chi connectivity index (χ1n) is 11.0. The van der Waals surface area contributed by atoms with Gasteiger partial charge in [-0.05, 0) is 60.4 Å². The van der Waals surface area contributed by atoms with Gasteiger partial charge in [-0.2, -0.15) is 0 Å². The molecule has 0 bridgehead atoms. The van der Waals surface area contributed by atoms with Crippen LogP contribution >= 0.6 is 0 Å². The molecule has 3 aromatic carbocycles. The highest BCUT2D eigenvalue weighted by atomic mass is 32.2.